The summed E-state index contributed by atoms with van der Waals surface area (Å²) in [5.74, 6) is 0. The molecule has 0 radical (unpaired) electrons. The van der Waals surface area contributed by atoms with Gasteiger partial charge in [-0.1, -0.05) is 56.5 Å². The number of unbranched alkanes of at least 4 members (excludes halogenated alkanes) is 3. The molecule has 1 nitrogen and oxygen atoms in total. The molecule has 108 valence electrons. The fourth-order valence-corrected chi connectivity index (χ4v) is 3.01. The first-order valence-corrected chi connectivity index (χ1v) is 7.99. The standard InChI is InChI=1S/C20H23N/c1-2-3-4-5-7-15-10-11-16-13-17-8-6-9-20(21)19(17)14-18(16)12-15/h6,8-14H,2-5,7,21H2,1H3. The zero-order valence-electron chi connectivity index (χ0n) is 12.7. The van der Waals surface area contributed by atoms with Gasteiger partial charge >= 0.3 is 0 Å². The van der Waals surface area contributed by atoms with Gasteiger partial charge in [-0.05, 0) is 52.8 Å². The Hall–Kier alpha value is -2.02. The van der Waals surface area contributed by atoms with Crippen LogP contribution in [0.5, 0.6) is 0 Å². The van der Waals surface area contributed by atoms with E-state index in [9.17, 15) is 0 Å². The quantitative estimate of drug-likeness (QED) is 0.361. The first-order valence-electron chi connectivity index (χ1n) is 7.99. The van der Waals surface area contributed by atoms with Crippen molar-refractivity contribution in [2.45, 2.75) is 39.0 Å². The molecule has 0 saturated heterocycles. The number of fused-ring (bicyclic) bond motifs is 2. The second kappa shape index (κ2) is 6.17. The van der Waals surface area contributed by atoms with Crippen LogP contribution in [0.4, 0.5) is 5.69 Å². The van der Waals surface area contributed by atoms with E-state index < -0.39 is 0 Å². The van der Waals surface area contributed by atoms with Crippen LogP contribution in [0.3, 0.4) is 0 Å². The van der Waals surface area contributed by atoms with Crippen molar-refractivity contribution in [1.29, 1.82) is 0 Å². The third-order valence-corrected chi connectivity index (χ3v) is 4.25. The number of nitrogen functional groups attached to an aromatic ring is 1. The minimum atomic E-state index is 0.864. The monoisotopic (exact) mass is 277 g/mol. The highest BCUT2D eigenvalue weighted by molar-refractivity contribution is 6.03. The van der Waals surface area contributed by atoms with Gasteiger partial charge < -0.3 is 5.73 Å². The van der Waals surface area contributed by atoms with Crippen LogP contribution in [0, 0.1) is 0 Å². The number of hydrogen-bond donors (Lipinski definition) is 1. The topological polar surface area (TPSA) is 26.0 Å². The Kier molecular flexibility index (Phi) is 4.10. The lowest BCUT2D eigenvalue weighted by atomic mass is 9.98. The normalized spacial score (nSPS) is 11.3. The number of anilines is 1. The fourth-order valence-electron chi connectivity index (χ4n) is 3.01. The number of aryl methyl sites for hydroxylation is 1. The summed E-state index contributed by atoms with van der Waals surface area (Å²) >= 11 is 0. The predicted octanol–water partition coefficient (Wildman–Crippen LogP) is 5.70. The lowest BCUT2D eigenvalue weighted by Gasteiger charge is -2.07. The summed E-state index contributed by atoms with van der Waals surface area (Å²) in [5, 5.41) is 4.98. The van der Waals surface area contributed by atoms with Gasteiger partial charge in [-0.2, -0.15) is 0 Å². The van der Waals surface area contributed by atoms with Crippen molar-refractivity contribution in [2.75, 3.05) is 5.73 Å². The third kappa shape index (κ3) is 3.02. The molecule has 3 rings (SSSR count). The van der Waals surface area contributed by atoms with E-state index in [-0.39, 0.29) is 0 Å². The van der Waals surface area contributed by atoms with Crippen molar-refractivity contribution < 1.29 is 0 Å². The molecule has 1 heteroatoms. The van der Waals surface area contributed by atoms with E-state index in [0.29, 0.717) is 0 Å². The molecular weight excluding hydrogens is 254 g/mol. The van der Waals surface area contributed by atoms with Crippen LogP contribution in [0.2, 0.25) is 0 Å². The summed E-state index contributed by atoms with van der Waals surface area (Å²) < 4.78 is 0. The van der Waals surface area contributed by atoms with E-state index in [2.05, 4.69) is 43.3 Å². The van der Waals surface area contributed by atoms with Gasteiger partial charge in [0.25, 0.3) is 0 Å². The largest absolute Gasteiger partial charge is 0.398 e. The minimum absolute atomic E-state index is 0.864. The Morgan fingerprint density at radius 3 is 2.57 bits per heavy atom. The molecule has 0 aliphatic carbocycles. The minimum Gasteiger partial charge on any atom is -0.398 e. The van der Waals surface area contributed by atoms with Crippen molar-refractivity contribution in [2.24, 2.45) is 0 Å². The lowest BCUT2D eigenvalue weighted by Crippen LogP contribution is -1.89. The zero-order chi connectivity index (χ0) is 14.7. The summed E-state index contributed by atoms with van der Waals surface area (Å²) in [4.78, 5) is 0. The highest BCUT2D eigenvalue weighted by atomic mass is 14.5. The molecule has 0 aromatic heterocycles. The average Bonchev–Trinajstić information content (AvgIpc) is 2.50. The van der Waals surface area contributed by atoms with Crippen molar-refractivity contribution in [3.8, 4) is 0 Å². The van der Waals surface area contributed by atoms with Crippen LogP contribution in [0.25, 0.3) is 21.5 Å². The summed E-state index contributed by atoms with van der Waals surface area (Å²) in [7, 11) is 0. The summed E-state index contributed by atoms with van der Waals surface area (Å²) in [6.07, 6.45) is 6.43. The number of nitrogens with two attached hydrogens (primary N) is 1. The van der Waals surface area contributed by atoms with Crippen LogP contribution < -0.4 is 5.73 Å². The Labute approximate surface area is 126 Å². The fraction of sp³-hybridized carbons (Fsp3) is 0.300. The van der Waals surface area contributed by atoms with Crippen LogP contribution >= 0.6 is 0 Å². The molecule has 0 spiro atoms. The average molecular weight is 277 g/mol. The second-order valence-corrected chi connectivity index (χ2v) is 5.91. The first kappa shape index (κ1) is 13.9. The molecule has 21 heavy (non-hydrogen) atoms. The van der Waals surface area contributed by atoms with Crippen LogP contribution in [0.1, 0.15) is 38.2 Å². The maximum Gasteiger partial charge on any atom is 0.0393 e. The number of hydrogen-bond acceptors (Lipinski definition) is 1. The molecular formula is C20H23N. The Balaban J connectivity index is 1.93. The number of benzene rings is 3. The molecule has 0 atom stereocenters. The van der Waals surface area contributed by atoms with E-state index >= 15 is 0 Å². The van der Waals surface area contributed by atoms with Crippen molar-refractivity contribution in [3.63, 3.8) is 0 Å². The van der Waals surface area contributed by atoms with E-state index in [4.69, 9.17) is 5.73 Å². The molecule has 0 unspecified atom stereocenters. The lowest BCUT2D eigenvalue weighted by molar-refractivity contribution is 0.667. The first-order chi connectivity index (χ1) is 10.3. The molecule has 0 fully saturated rings. The molecule has 0 aliphatic heterocycles. The highest BCUT2D eigenvalue weighted by Gasteiger charge is 2.02. The second-order valence-electron chi connectivity index (χ2n) is 5.91. The molecule has 2 N–H and O–H groups in total. The maximum absolute atomic E-state index is 6.10. The van der Waals surface area contributed by atoms with Crippen LogP contribution in [-0.2, 0) is 6.42 Å². The van der Waals surface area contributed by atoms with E-state index in [1.165, 1.54) is 53.8 Å². The Morgan fingerprint density at radius 2 is 1.71 bits per heavy atom. The SMILES string of the molecule is CCCCCCc1ccc2cc3cccc(N)c3cc2c1. The molecule has 3 aromatic rings. The highest BCUT2D eigenvalue weighted by Crippen LogP contribution is 2.27. The maximum atomic E-state index is 6.10. The van der Waals surface area contributed by atoms with Crippen molar-refractivity contribution in [1.82, 2.24) is 0 Å². The van der Waals surface area contributed by atoms with E-state index in [1.807, 2.05) is 12.1 Å². The Bertz CT molecular complexity index is 758. The van der Waals surface area contributed by atoms with Crippen molar-refractivity contribution >= 4 is 27.2 Å². The van der Waals surface area contributed by atoms with Gasteiger partial charge in [0.1, 0.15) is 0 Å². The molecule has 0 saturated carbocycles. The van der Waals surface area contributed by atoms with Crippen LogP contribution in [0.15, 0.2) is 48.5 Å². The van der Waals surface area contributed by atoms with E-state index in [1.54, 1.807) is 0 Å². The Morgan fingerprint density at radius 1 is 0.810 bits per heavy atom. The van der Waals surface area contributed by atoms with Gasteiger partial charge in [0, 0.05) is 11.1 Å². The summed E-state index contributed by atoms with van der Waals surface area (Å²) in [5.41, 5.74) is 8.40. The zero-order valence-corrected chi connectivity index (χ0v) is 12.7. The smallest absolute Gasteiger partial charge is 0.0393 e. The molecule has 0 aliphatic rings. The predicted molar refractivity (Wildman–Crippen MR) is 93.7 cm³/mol. The van der Waals surface area contributed by atoms with Gasteiger partial charge in [-0.3, -0.25) is 0 Å². The molecule has 0 bridgehead atoms. The van der Waals surface area contributed by atoms with Crippen molar-refractivity contribution in [3.05, 3.63) is 54.1 Å². The van der Waals surface area contributed by atoms with Crippen LogP contribution in [-0.4, -0.2) is 0 Å². The van der Waals surface area contributed by atoms with Gasteiger partial charge in [-0.15, -0.1) is 0 Å². The molecule has 0 heterocycles. The summed E-state index contributed by atoms with van der Waals surface area (Å²) in [6, 6.07) is 17.4. The molecule has 3 aromatic carbocycles. The van der Waals surface area contributed by atoms with Gasteiger partial charge in [-0.25, -0.2) is 0 Å². The summed E-state index contributed by atoms with van der Waals surface area (Å²) in [6.45, 7) is 2.26. The molecule has 0 amide bonds. The van der Waals surface area contributed by atoms with Gasteiger partial charge in [0.2, 0.25) is 0 Å². The third-order valence-electron chi connectivity index (χ3n) is 4.25. The van der Waals surface area contributed by atoms with Gasteiger partial charge in [0.05, 0.1) is 0 Å². The number of rotatable bonds is 5. The van der Waals surface area contributed by atoms with E-state index in [0.717, 1.165) is 11.1 Å². The van der Waals surface area contributed by atoms with Gasteiger partial charge in [0.15, 0.2) is 0 Å².